The number of thiophene rings is 1. The highest BCUT2D eigenvalue weighted by atomic mass is 35.5. The number of halogens is 1. The van der Waals surface area contributed by atoms with E-state index in [1.807, 2.05) is 0 Å². The van der Waals surface area contributed by atoms with Crippen molar-refractivity contribution in [3.05, 3.63) is 39.5 Å². The van der Waals surface area contributed by atoms with Gasteiger partial charge in [-0.1, -0.05) is 11.6 Å². The molecular weight excluding hydrogens is 338 g/mol. The molecule has 0 aliphatic rings. The van der Waals surface area contributed by atoms with Crippen LogP contribution in [0.25, 0.3) is 0 Å². The fraction of sp³-hybridized carbons (Fsp3) is 0.250. The Kier molecular flexibility index (Phi) is 6.01. The molecule has 0 fully saturated rings. The molecule has 2 rings (SSSR count). The molecule has 2 aromatic rings. The van der Waals surface area contributed by atoms with E-state index < -0.39 is 0 Å². The van der Waals surface area contributed by atoms with Crippen LogP contribution in [0.1, 0.15) is 22.5 Å². The van der Waals surface area contributed by atoms with Crippen molar-refractivity contribution < 1.29 is 19.1 Å². The van der Waals surface area contributed by atoms with Crippen molar-refractivity contribution in [1.82, 2.24) is 0 Å². The molecule has 0 radical (unpaired) electrons. The Bertz CT molecular complexity index is 714. The first-order valence-electron chi connectivity index (χ1n) is 6.84. The van der Waals surface area contributed by atoms with Crippen LogP contribution >= 0.6 is 22.9 Å². The van der Waals surface area contributed by atoms with E-state index in [0.717, 1.165) is 0 Å². The Morgan fingerprint density at radius 3 is 2.52 bits per heavy atom. The number of carbonyl (C=O) groups is 2. The first kappa shape index (κ1) is 17.3. The number of amides is 1. The number of ketones is 1. The molecule has 0 aliphatic carbocycles. The maximum Gasteiger partial charge on any atom is 0.224 e. The van der Waals surface area contributed by atoms with Gasteiger partial charge in [0.15, 0.2) is 5.78 Å². The number of rotatable bonds is 7. The summed E-state index contributed by atoms with van der Waals surface area (Å²) in [6.45, 7) is 0. The molecule has 0 spiro atoms. The summed E-state index contributed by atoms with van der Waals surface area (Å²) in [5.74, 6) is 0.766. The van der Waals surface area contributed by atoms with Crippen LogP contribution in [0.2, 0.25) is 4.34 Å². The molecule has 1 N–H and O–H groups in total. The number of benzene rings is 1. The number of ether oxygens (including phenoxy) is 2. The van der Waals surface area contributed by atoms with Crippen LogP contribution < -0.4 is 14.8 Å². The topological polar surface area (TPSA) is 64.6 Å². The van der Waals surface area contributed by atoms with Crippen LogP contribution in [-0.4, -0.2) is 25.9 Å². The lowest BCUT2D eigenvalue weighted by atomic mass is 10.2. The lowest BCUT2D eigenvalue weighted by Crippen LogP contribution is -2.13. The Morgan fingerprint density at radius 1 is 1.13 bits per heavy atom. The van der Waals surface area contributed by atoms with E-state index >= 15 is 0 Å². The predicted octanol–water partition coefficient (Wildman–Crippen LogP) is 4.02. The zero-order valence-corrected chi connectivity index (χ0v) is 14.3. The predicted molar refractivity (Wildman–Crippen MR) is 91.1 cm³/mol. The average Bonchev–Trinajstić information content (AvgIpc) is 2.99. The minimum absolute atomic E-state index is 0.0868. The highest BCUT2D eigenvalue weighted by Crippen LogP contribution is 2.29. The van der Waals surface area contributed by atoms with Gasteiger partial charge < -0.3 is 14.8 Å². The second kappa shape index (κ2) is 7.99. The maximum atomic E-state index is 12.0. The third-order valence-corrected chi connectivity index (χ3v) is 4.38. The molecule has 0 saturated carbocycles. The van der Waals surface area contributed by atoms with Gasteiger partial charge >= 0.3 is 0 Å². The summed E-state index contributed by atoms with van der Waals surface area (Å²) in [5.41, 5.74) is 0.532. The highest BCUT2D eigenvalue weighted by Gasteiger charge is 2.13. The van der Waals surface area contributed by atoms with Crippen LogP contribution in [-0.2, 0) is 4.79 Å². The molecular formula is C16H16ClNO4S. The lowest BCUT2D eigenvalue weighted by molar-refractivity contribution is -0.116. The first-order valence-corrected chi connectivity index (χ1v) is 8.03. The van der Waals surface area contributed by atoms with Gasteiger partial charge in [0.2, 0.25) is 5.91 Å². The summed E-state index contributed by atoms with van der Waals surface area (Å²) in [6.07, 6.45) is 0.213. The van der Waals surface area contributed by atoms with Crippen molar-refractivity contribution in [2.24, 2.45) is 0 Å². The summed E-state index contributed by atoms with van der Waals surface area (Å²) < 4.78 is 10.9. The fourth-order valence-corrected chi connectivity index (χ4v) is 2.94. The molecule has 0 atom stereocenters. The second-order valence-corrected chi connectivity index (χ2v) is 6.36. The summed E-state index contributed by atoms with van der Waals surface area (Å²) in [7, 11) is 3.06. The monoisotopic (exact) mass is 353 g/mol. The van der Waals surface area contributed by atoms with Crippen LogP contribution in [0, 0.1) is 0 Å². The number of hydrogen-bond donors (Lipinski definition) is 1. The van der Waals surface area contributed by atoms with Gasteiger partial charge in [0.05, 0.1) is 29.1 Å². The standard InChI is InChI=1S/C16H16ClNO4S/c1-21-10-3-4-11(13(9-10)22-2)18-16(20)8-5-12(19)14-6-7-15(17)23-14/h3-4,6-7,9H,5,8H2,1-2H3,(H,18,20). The second-order valence-electron chi connectivity index (χ2n) is 4.64. The van der Waals surface area contributed by atoms with Gasteiger partial charge in [-0.2, -0.15) is 0 Å². The summed E-state index contributed by atoms with van der Waals surface area (Å²) in [6, 6.07) is 8.42. The summed E-state index contributed by atoms with van der Waals surface area (Å²) in [4.78, 5) is 24.5. The largest absolute Gasteiger partial charge is 0.497 e. The number of nitrogens with one attached hydrogen (secondary N) is 1. The van der Waals surface area contributed by atoms with Crippen LogP contribution in [0.15, 0.2) is 30.3 Å². The Labute approximate surface area is 143 Å². The van der Waals surface area contributed by atoms with Crippen molar-refractivity contribution in [3.63, 3.8) is 0 Å². The number of anilines is 1. The van der Waals surface area contributed by atoms with Crippen molar-refractivity contribution in [3.8, 4) is 11.5 Å². The van der Waals surface area contributed by atoms with Gasteiger partial charge in [-0.05, 0) is 24.3 Å². The molecule has 1 aromatic carbocycles. The van der Waals surface area contributed by atoms with Crippen LogP contribution in [0.3, 0.4) is 0 Å². The SMILES string of the molecule is COc1ccc(NC(=O)CCC(=O)c2ccc(Cl)s2)c(OC)c1. The molecule has 122 valence electrons. The Balaban J connectivity index is 1.93. The van der Waals surface area contributed by atoms with Crippen molar-refractivity contribution in [2.75, 3.05) is 19.5 Å². The maximum absolute atomic E-state index is 12.0. The van der Waals surface area contributed by atoms with Gasteiger partial charge in [-0.25, -0.2) is 0 Å². The Hall–Kier alpha value is -2.05. The first-order chi connectivity index (χ1) is 11.0. The van der Waals surface area contributed by atoms with E-state index in [0.29, 0.717) is 26.4 Å². The molecule has 0 unspecified atom stereocenters. The zero-order chi connectivity index (χ0) is 16.8. The minimum Gasteiger partial charge on any atom is -0.497 e. The summed E-state index contributed by atoms with van der Waals surface area (Å²) >= 11 is 7.01. The van der Waals surface area contributed by atoms with Crippen LogP contribution in [0.4, 0.5) is 5.69 Å². The molecule has 0 aliphatic heterocycles. The zero-order valence-electron chi connectivity index (χ0n) is 12.7. The number of methoxy groups -OCH3 is 2. The number of hydrogen-bond acceptors (Lipinski definition) is 5. The van der Waals surface area contributed by atoms with E-state index in [-0.39, 0.29) is 24.5 Å². The average molecular weight is 354 g/mol. The smallest absolute Gasteiger partial charge is 0.224 e. The normalized spacial score (nSPS) is 10.2. The van der Waals surface area contributed by atoms with E-state index in [9.17, 15) is 9.59 Å². The molecule has 1 aromatic heterocycles. The Morgan fingerprint density at radius 2 is 1.91 bits per heavy atom. The van der Waals surface area contributed by atoms with Gasteiger partial charge in [0.1, 0.15) is 11.5 Å². The molecule has 5 nitrogen and oxygen atoms in total. The van der Waals surface area contributed by atoms with Gasteiger partial charge in [0.25, 0.3) is 0 Å². The van der Waals surface area contributed by atoms with Crippen molar-refractivity contribution >= 4 is 40.3 Å². The fourth-order valence-electron chi connectivity index (χ4n) is 1.93. The van der Waals surface area contributed by atoms with E-state index in [1.54, 1.807) is 37.4 Å². The van der Waals surface area contributed by atoms with E-state index in [2.05, 4.69) is 5.32 Å². The molecule has 0 bridgehead atoms. The van der Waals surface area contributed by atoms with Gasteiger partial charge in [-0.15, -0.1) is 11.3 Å². The quantitative estimate of drug-likeness (QED) is 0.763. The molecule has 23 heavy (non-hydrogen) atoms. The minimum atomic E-state index is -0.260. The van der Waals surface area contributed by atoms with E-state index in [4.69, 9.17) is 21.1 Å². The molecule has 1 heterocycles. The highest BCUT2D eigenvalue weighted by molar-refractivity contribution is 7.18. The molecule has 0 saturated heterocycles. The van der Waals surface area contributed by atoms with Crippen molar-refractivity contribution in [1.29, 1.82) is 0 Å². The van der Waals surface area contributed by atoms with Gasteiger partial charge in [0, 0.05) is 18.9 Å². The third-order valence-electron chi connectivity index (χ3n) is 3.11. The third kappa shape index (κ3) is 4.71. The van der Waals surface area contributed by atoms with Crippen LogP contribution in [0.5, 0.6) is 11.5 Å². The molecule has 1 amide bonds. The summed E-state index contributed by atoms with van der Waals surface area (Å²) in [5, 5.41) is 2.73. The van der Waals surface area contributed by atoms with Crippen molar-refractivity contribution in [2.45, 2.75) is 12.8 Å². The number of Topliss-reactive ketones (excluding diaryl/α,β-unsaturated/α-hetero) is 1. The number of carbonyl (C=O) groups excluding carboxylic acids is 2. The van der Waals surface area contributed by atoms with Gasteiger partial charge in [-0.3, -0.25) is 9.59 Å². The van der Waals surface area contributed by atoms with E-state index in [1.165, 1.54) is 18.4 Å². The lowest BCUT2D eigenvalue weighted by Gasteiger charge is -2.11. The molecule has 7 heteroatoms.